The van der Waals surface area contributed by atoms with Crippen molar-refractivity contribution in [3.8, 4) is 6.07 Å². The standard InChI is InChI=1S/C10H16N2OS/c1-9-10(8-11,2-7-14-9)12-3-5-13-6-4-12/h9H,2-7H2,1H3. The van der Waals surface area contributed by atoms with Crippen molar-refractivity contribution in [2.75, 3.05) is 32.1 Å². The van der Waals surface area contributed by atoms with E-state index in [1.807, 2.05) is 11.8 Å². The molecule has 3 nitrogen and oxygen atoms in total. The summed E-state index contributed by atoms with van der Waals surface area (Å²) in [6.07, 6.45) is 1.01. The van der Waals surface area contributed by atoms with Gasteiger partial charge in [0.05, 0.1) is 19.3 Å². The number of hydrogen-bond donors (Lipinski definition) is 0. The van der Waals surface area contributed by atoms with Gasteiger partial charge in [-0.2, -0.15) is 17.0 Å². The molecular formula is C10H16N2OS. The Balaban J connectivity index is 2.14. The third-order valence-electron chi connectivity index (χ3n) is 3.29. The minimum Gasteiger partial charge on any atom is -0.379 e. The Morgan fingerprint density at radius 1 is 1.50 bits per heavy atom. The summed E-state index contributed by atoms with van der Waals surface area (Å²) in [5.74, 6) is 1.12. The summed E-state index contributed by atoms with van der Waals surface area (Å²) in [7, 11) is 0. The molecule has 2 unspecified atom stereocenters. The van der Waals surface area contributed by atoms with Crippen LogP contribution < -0.4 is 0 Å². The molecule has 2 atom stereocenters. The van der Waals surface area contributed by atoms with Gasteiger partial charge in [-0.1, -0.05) is 6.92 Å². The zero-order valence-electron chi connectivity index (χ0n) is 8.53. The molecule has 0 radical (unpaired) electrons. The second-order valence-corrected chi connectivity index (χ2v) is 5.35. The molecule has 0 aromatic carbocycles. The third kappa shape index (κ3) is 1.54. The Bertz CT molecular complexity index is 247. The molecule has 0 aromatic heterocycles. The van der Waals surface area contributed by atoms with Crippen LogP contribution in [0.5, 0.6) is 0 Å². The topological polar surface area (TPSA) is 36.3 Å². The molecule has 4 heteroatoms. The molecule has 0 bridgehead atoms. The van der Waals surface area contributed by atoms with E-state index in [1.54, 1.807) is 0 Å². The molecule has 2 saturated heterocycles. The second-order valence-electron chi connectivity index (χ2n) is 3.90. The normalized spacial score (nSPS) is 39.6. The molecule has 14 heavy (non-hydrogen) atoms. The molecule has 2 heterocycles. The van der Waals surface area contributed by atoms with Gasteiger partial charge in [-0.05, 0) is 12.2 Å². The SMILES string of the molecule is CC1SCCC1(C#N)N1CCOCC1. The van der Waals surface area contributed by atoms with Crippen LogP contribution in [0, 0.1) is 11.3 Å². The number of hydrogen-bond acceptors (Lipinski definition) is 4. The number of nitriles is 1. The first-order valence-corrected chi connectivity index (χ1v) is 6.20. The molecule has 0 spiro atoms. The van der Waals surface area contributed by atoms with Crippen molar-refractivity contribution in [3.05, 3.63) is 0 Å². The maximum absolute atomic E-state index is 9.39. The monoisotopic (exact) mass is 212 g/mol. The summed E-state index contributed by atoms with van der Waals surface area (Å²) in [4.78, 5) is 2.32. The van der Waals surface area contributed by atoms with Crippen LogP contribution in [-0.2, 0) is 4.74 Å². The van der Waals surface area contributed by atoms with Gasteiger partial charge < -0.3 is 4.74 Å². The van der Waals surface area contributed by atoms with E-state index in [9.17, 15) is 5.26 Å². The first-order valence-electron chi connectivity index (χ1n) is 5.15. The van der Waals surface area contributed by atoms with Gasteiger partial charge in [0, 0.05) is 18.3 Å². The van der Waals surface area contributed by atoms with Gasteiger partial charge in [0.1, 0.15) is 5.54 Å². The van der Waals surface area contributed by atoms with Gasteiger partial charge in [-0.3, -0.25) is 4.90 Å². The fraction of sp³-hybridized carbons (Fsp3) is 0.900. The lowest BCUT2D eigenvalue weighted by Crippen LogP contribution is -2.55. The molecule has 78 valence electrons. The first kappa shape index (κ1) is 10.3. The van der Waals surface area contributed by atoms with E-state index in [-0.39, 0.29) is 5.54 Å². The Hall–Kier alpha value is -0.240. The molecule has 0 amide bonds. The fourth-order valence-corrected chi connectivity index (χ4v) is 3.71. The first-order chi connectivity index (χ1) is 6.79. The molecule has 2 fully saturated rings. The average Bonchev–Trinajstić information content (AvgIpc) is 2.62. The summed E-state index contributed by atoms with van der Waals surface area (Å²) in [6.45, 7) is 5.56. The van der Waals surface area contributed by atoms with E-state index in [2.05, 4.69) is 17.9 Å². The van der Waals surface area contributed by atoms with Crippen LogP contribution >= 0.6 is 11.8 Å². The highest BCUT2D eigenvalue weighted by Gasteiger charge is 2.46. The van der Waals surface area contributed by atoms with Crippen LogP contribution in [0.25, 0.3) is 0 Å². The number of ether oxygens (including phenoxy) is 1. The van der Waals surface area contributed by atoms with E-state index in [0.717, 1.165) is 38.5 Å². The van der Waals surface area contributed by atoms with Crippen LogP contribution in [-0.4, -0.2) is 47.7 Å². The van der Waals surface area contributed by atoms with Gasteiger partial charge in [-0.25, -0.2) is 0 Å². The van der Waals surface area contributed by atoms with E-state index in [1.165, 1.54) is 0 Å². The maximum Gasteiger partial charge on any atom is 0.121 e. The van der Waals surface area contributed by atoms with E-state index >= 15 is 0 Å². The van der Waals surface area contributed by atoms with Gasteiger partial charge in [0.15, 0.2) is 0 Å². The summed E-state index contributed by atoms with van der Waals surface area (Å²) >= 11 is 1.92. The third-order valence-corrected chi connectivity index (χ3v) is 4.62. The number of nitrogens with zero attached hydrogens (tertiary/aromatic N) is 2. The maximum atomic E-state index is 9.39. The molecule has 0 N–H and O–H groups in total. The lowest BCUT2D eigenvalue weighted by Gasteiger charge is -2.40. The van der Waals surface area contributed by atoms with Crippen molar-refractivity contribution >= 4 is 11.8 Å². The number of thioether (sulfide) groups is 1. The molecule has 0 saturated carbocycles. The zero-order chi connectivity index (χ0) is 10.0. The quantitative estimate of drug-likeness (QED) is 0.652. The minimum atomic E-state index is -0.214. The van der Waals surface area contributed by atoms with Crippen LogP contribution in [0.3, 0.4) is 0 Å². The molecular weight excluding hydrogens is 196 g/mol. The van der Waals surface area contributed by atoms with Crippen molar-refractivity contribution in [1.29, 1.82) is 5.26 Å². The van der Waals surface area contributed by atoms with Crippen LogP contribution in [0.1, 0.15) is 13.3 Å². The predicted octanol–water partition coefficient (Wildman–Crippen LogP) is 1.11. The van der Waals surface area contributed by atoms with Crippen molar-refractivity contribution < 1.29 is 4.74 Å². The van der Waals surface area contributed by atoms with Gasteiger partial charge in [0.25, 0.3) is 0 Å². The van der Waals surface area contributed by atoms with Gasteiger partial charge in [-0.15, -0.1) is 0 Å². The molecule has 0 aliphatic carbocycles. The Kier molecular flexibility index (Phi) is 3.01. The lowest BCUT2D eigenvalue weighted by atomic mass is 9.92. The highest BCUT2D eigenvalue weighted by atomic mass is 32.2. The molecule has 2 aliphatic heterocycles. The minimum absolute atomic E-state index is 0.214. The summed E-state index contributed by atoms with van der Waals surface area (Å²) < 4.78 is 5.33. The highest BCUT2D eigenvalue weighted by Crippen LogP contribution is 2.39. The van der Waals surface area contributed by atoms with E-state index < -0.39 is 0 Å². The number of morpholine rings is 1. The molecule has 0 aromatic rings. The smallest absolute Gasteiger partial charge is 0.121 e. The fourth-order valence-electron chi connectivity index (χ4n) is 2.33. The number of rotatable bonds is 1. The van der Waals surface area contributed by atoms with Gasteiger partial charge >= 0.3 is 0 Å². The van der Waals surface area contributed by atoms with Crippen molar-refractivity contribution in [2.24, 2.45) is 0 Å². The molecule has 2 rings (SSSR count). The zero-order valence-corrected chi connectivity index (χ0v) is 9.35. The molecule has 2 aliphatic rings. The highest BCUT2D eigenvalue weighted by molar-refractivity contribution is 8.00. The Morgan fingerprint density at radius 3 is 2.71 bits per heavy atom. The second kappa shape index (κ2) is 4.09. The van der Waals surface area contributed by atoms with Crippen LogP contribution in [0.4, 0.5) is 0 Å². The van der Waals surface area contributed by atoms with Crippen LogP contribution in [0.15, 0.2) is 0 Å². The lowest BCUT2D eigenvalue weighted by molar-refractivity contribution is -0.00188. The average molecular weight is 212 g/mol. The van der Waals surface area contributed by atoms with Gasteiger partial charge in [0.2, 0.25) is 0 Å². The summed E-state index contributed by atoms with van der Waals surface area (Å²) in [6, 6.07) is 2.55. The van der Waals surface area contributed by atoms with E-state index in [0.29, 0.717) is 5.25 Å². The van der Waals surface area contributed by atoms with Crippen molar-refractivity contribution in [1.82, 2.24) is 4.90 Å². The van der Waals surface area contributed by atoms with Crippen molar-refractivity contribution in [2.45, 2.75) is 24.1 Å². The predicted molar refractivity (Wildman–Crippen MR) is 57.3 cm³/mol. The Labute approximate surface area is 89.4 Å². The van der Waals surface area contributed by atoms with E-state index in [4.69, 9.17) is 4.74 Å². The largest absolute Gasteiger partial charge is 0.379 e. The summed E-state index contributed by atoms with van der Waals surface area (Å²) in [5, 5.41) is 9.83. The Morgan fingerprint density at radius 2 is 2.21 bits per heavy atom. The van der Waals surface area contributed by atoms with Crippen LogP contribution in [0.2, 0.25) is 0 Å². The van der Waals surface area contributed by atoms with Crippen molar-refractivity contribution in [3.63, 3.8) is 0 Å². The summed E-state index contributed by atoms with van der Waals surface area (Å²) in [5.41, 5.74) is -0.214.